The third-order valence-corrected chi connectivity index (χ3v) is 6.72. The van der Waals surface area contributed by atoms with Crippen LogP contribution < -0.4 is 0 Å². The molecule has 0 aliphatic rings. The van der Waals surface area contributed by atoms with Crippen molar-refractivity contribution in [2.45, 2.75) is 77.7 Å². The Labute approximate surface area is 194 Å². The molecular formula is C28H42O4. The van der Waals surface area contributed by atoms with Crippen molar-refractivity contribution in [2.75, 3.05) is 19.8 Å². The van der Waals surface area contributed by atoms with Gasteiger partial charge < -0.3 is 20.4 Å². The van der Waals surface area contributed by atoms with Crippen molar-refractivity contribution >= 4 is 0 Å². The molecule has 1 unspecified atom stereocenters. The number of aliphatic hydroxyl groups excluding tert-OH is 3. The second-order valence-electron chi connectivity index (χ2n) is 11.2. The number of hydrogen-bond donors (Lipinski definition) is 4. The fraction of sp³-hybridized carbons (Fsp3) is 0.571. The van der Waals surface area contributed by atoms with Crippen LogP contribution >= 0.6 is 0 Å². The quantitative estimate of drug-likeness (QED) is 0.493. The number of hydrogen-bond acceptors (Lipinski definition) is 4. The summed E-state index contributed by atoms with van der Waals surface area (Å²) in [4.78, 5) is 0. The monoisotopic (exact) mass is 442 g/mol. The molecule has 2 rings (SSSR count). The Morgan fingerprint density at radius 3 is 1.47 bits per heavy atom. The normalized spacial score (nSPS) is 15.0. The number of rotatable bonds is 8. The minimum atomic E-state index is -1.70. The maximum Gasteiger partial charge on any atom is 0.106 e. The number of aryl methyl sites for hydroxylation is 1. The average Bonchev–Trinajstić information content (AvgIpc) is 2.73. The highest BCUT2D eigenvalue weighted by atomic mass is 16.3. The molecule has 4 nitrogen and oxygen atoms in total. The van der Waals surface area contributed by atoms with Gasteiger partial charge in [0.15, 0.2) is 0 Å². The van der Waals surface area contributed by atoms with Gasteiger partial charge in [0, 0.05) is 6.42 Å². The van der Waals surface area contributed by atoms with E-state index in [1.807, 2.05) is 30.3 Å². The summed E-state index contributed by atoms with van der Waals surface area (Å²) < 4.78 is 0. The van der Waals surface area contributed by atoms with E-state index in [0.717, 1.165) is 23.1 Å². The van der Waals surface area contributed by atoms with Crippen LogP contribution in [0.15, 0.2) is 42.5 Å². The van der Waals surface area contributed by atoms with Crippen LogP contribution in [-0.2, 0) is 29.3 Å². The Bertz CT molecular complexity index is 843. The third-order valence-electron chi connectivity index (χ3n) is 6.72. The lowest BCUT2D eigenvalue weighted by Crippen LogP contribution is -2.56. The molecule has 32 heavy (non-hydrogen) atoms. The Morgan fingerprint density at radius 2 is 1.12 bits per heavy atom. The van der Waals surface area contributed by atoms with Gasteiger partial charge in [-0.15, -0.1) is 0 Å². The summed E-state index contributed by atoms with van der Waals surface area (Å²) >= 11 is 0. The second kappa shape index (κ2) is 9.64. The molecule has 0 saturated heterocycles. The molecule has 0 radical (unpaired) electrons. The largest absolute Gasteiger partial charge is 0.395 e. The molecule has 178 valence electrons. The summed E-state index contributed by atoms with van der Waals surface area (Å²) in [5.41, 5.74) is 0.841. The Balaban J connectivity index is 3.07. The first-order valence-electron chi connectivity index (χ1n) is 11.6. The van der Waals surface area contributed by atoms with Gasteiger partial charge in [0.2, 0.25) is 0 Å². The third kappa shape index (κ3) is 4.94. The lowest BCUT2D eigenvalue weighted by Gasteiger charge is -2.49. The molecule has 0 spiro atoms. The van der Waals surface area contributed by atoms with Crippen LogP contribution in [-0.4, -0.2) is 40.2 Å². The van der Waals surface area contributed by atoms with E-state index in [4.69, 9.17) is 0 Å². The van der Waals surface area contributed by atoms with E-state index in [9.17, 15) is 20.4 Å². The van der Waals surface area contributed by atoms with Crippen LogP contribution in [0.4, 0.5) is 0 Å². The second-order valence-corrected chi connectivity index (χ2v) is 11.2. The van der Waals surface area contributed by atoms with Gasteiger partial charge in [0.1, 0.15) is 5.60 Å². The van der Waals surface area contributed by atoms with E-state index in [0.29, 0.717) is 5.56 Å². The lowest BCUT2D eigenvalue weighted by molar-refractivity contribution is -0.160. The first-order chi connectivity index (χ1) is 14.8. The van der Waals surface area contributed by atoms with E-state index in [-0.39, 0.29) is 17.3 Å². The summed E-state index contributed by atoms with van der Waals surface area (Å²) in [7, 11) is 0. The van der Waals surface area contributed by atoms with Crippen LogP contribution in [0.2, 0.25) is 0 Å². The standard InChI is InChI=1S/C28H42O4/c1-8-20-14-22(25(2,3)4)24(23(15-20)26(5,6)7)28(32,27(17-29,18-30)19-31)16-21-12-10-9-11-13-21/h9-15,29-32H,8,16-19H2,1-7H3. The molecule has 0 bridgehead atoms. The predicted octanol–water partition coefficient (Wildman–Crippen LogP) is 4.24. The highest BCUT2D eigenvalue weighted by Crippen LogP contribution is 2.49. The molecule has 0 aromatic heterocycles. The maximum atomic E-state index is 12.6. The highest BCUT2D eigenvalue weighted by Gasteiger charge is 2.54. The van der Waals surface area contributed by atoms with Crippen LogP contribution in [0.5, 0.6) is 0 Å². The SMILES string of the molecule is CCc1cc(C(C)(C)C)c(C(O)(Cc2ccccc2)C(CO)(CO)CO)c(C(C)(C)C)c1. The zero-order chi connectivity index (χ0) is 24.4. The van der Waals surface area contributed by atoms with Crippen molar-refractivity contribution in [3.8, 4) is 0 Å². The van der Waals surface area contributed by atoms with Crippen LogP contribution in [0.3, 0.4) is 0 Å². The molecule has 4 N–H and O–H groups in total. The molecule has 1 atom stereocenters. The van der Waals surface area contributed by atoms with Gasteiger partial charge in [-0.2, -0.15) is 0 Å². The zero-order valence-electron chi connectivity index (χ0n) is 20.9. The van der Waals surface area contributed by atoms with Gasteiger partial charge in [0.25, 0.3) is 0 Å². The van der Waals surface area contributed by atoms with E-state index in [1.54, 1.807) is 0 Å². The first kappa shape index (κ1) is 26.5. The van der Waals surface area contributed by atoms with E-state index >= 15 is 0 Å². The number of aliphatic hydroxyl groups is 4. The van der Waals surface area contributed by atoms with Gasteiger partial charge in [-0.3, -0.25) is 0 Å². The van der Waals surface area contributed by atoms with Crippen LogP contribution in [0.1, 0.15) is 76.3 Å². The molecule has 0 saturated carbocycles. The van der Waals surface area contributed by atoms with E-state index < -0.39 is 30.8 Å². The minimum Gasteiger partial charge on any atom is -0.395 e. The molecule has 2 aromatic carbocycles. The molecule has 0 aliphatic carbocycles. The average molecular weight is 443 g/mol. The van der Waals surface area contributed by atoms with Crippen molar-refractivity contribution in [1.82, 2.24) is 0 Å². The van der Waals surface area contributed by atoms with Gasteiger partial charge >= 0.3 is 0 Å². The summed E-state index contributed by atoms with van der Waals surface area (Å²) in [6.45, 7) is 13.1. The smallest absolute Gasteiger partial charge is 0.106 e. The summed E-state index contributed by atoms with van der Waals surface area (Å²) in [5.74, 6) is 0. The summed E-state index contributed by atoms with van der Waals surface area (Å²) in [6, 6.07) is 13.9. The van der Waals surface area contributed by atoms with E-state index in [1.165, 1.54) is 5.56 Å². The van der Waals surface area contributed by atoms with Crippen molar-refractivity contribution in [1.29, 1.82) is 0 Å². The van der Waals surface area contributed by atoms with Crippen molar-refractivity contribution in [2.24, 2.45) is 5.41 Å². The molecular weight excluding hydrogens is 400 g/mol. The first-order valence-corrected chi connectivity index (χ1v) is 11.6. The fourth-order valence-corrected chi connectivity index (χ4v) is 4.51. The van der Waals surface area contributed by atoms with E-state index in [2.05, 4.69) is 60.6 Å². The lowest BCUT2D eigenvalue weighted by atomic mass is 9.60. The fourth-order valence-electron chi connectivity index (χ4n) is 4.51. The minimum absolute atomic E-state index is 0.160. The summed E-state index contributed by atoms with van der Waals surface area (Å²) in [5, 5.41) is 44.0. The predicted molar refractivity (Wildman–Crippen MR) is 131 cm³/mol. The van der Waals surface area contributed by atoms with Gasteiger partial charge in [0.05, 0.1) is 25.2 Å². The molecule has 0 fully saturated rings. The molecule has 0 aliphatic heterocycles. The Hall–Kier alpha value is -1.72. The maximum absolute atomic E-state index is 12.6. The van der Waals surface area contributed by atoms with Gasteiger partial charge in [-0.1, -0.05) is 90.9 Å². The highest BCUT2D eigenvalue weighted by molar-refractivity contribution is 5.51. The van der Waals surface area contributed by atoms with Crippen molar-refractivity contribution in [3.05, 3.63) is 70.3 Å². The van der Waals surface area contributed by atoms with Crippen molar-refractivity contribution in [3.63, 3.8) is 0 Å². The summed E-state index contributed by atoms with van der Waals surface area (Å²) in [6.07, 6.45) is 1.02. The zero-order valence-corrected chi connectivity index (χ0v) is 20.9. The molecule has 0 heterocycles. The topological polar surface area (TPSA) is 80.9 Å². The van der Waals surface area contributed by atoms with Gasteiger partial charge in [-0.25, -0.2) is 0 Å². The molecule has 4 heteroatoms. The van der Waals surface area contributed by atoms with Crippen molar-refractivity contribution < 1.29 is 20.4 Å². The molecule has 0 amide bonds. The van der Waals surface area contributed by atoms with Crippen LogP contribution in [0, 0.1) is 5.41 Å². The number of benzene rings is 2. The Morgan fingerprint density at radius 1 is 0.688 bits per heavy atom. The van der Waals surface area contributed by atoms with Crippen LogP contribution in [0.25, 0.3) is 0 Å². The Kier molecular flexibility index (Phi) is 7.99. The molecule has 2 aromatic rings. The van der Waals surface area contributed by atoms with Gasteiger partial charge in [-0.05, 0) is 45.1 Å².